The lowest BCUT2D eigenvalue weighted by Gasteiger charge is -2.08. The van der Waals surface area contributed by atoms with E-state index in [0.29, 0.717) is 12.0 Å². The first-order valence-electron chi connectivity index (χ1n) is 9.87. The number of hydrogen-bond acceptors (Lipinski definition) is 4. The summed E-state index contributed by atoms with van der Waals surface area (Å²) in [6.45, 7) is 5.64. The third kappa shape index (κ3) is 6.40. The average molecular weight is 360 g/mol. The maximum absolute atomic E-state index is 11.2. The molecule has 1 aromatic carbocycles. The van der Waals surface area contributed by atoms with Gasteiger partial charge in [-0.05, 0) is 49.8 Å². The van der Waals surface area contributed by atoms with Crippen molar-refractivity contribution in [1.82, 2.24) is 0 Å². The third-order valence-electron chi connectivity index (χ3n) is 5.07. The van der Waals surface area contributed by atoms with Crippen molar-refractivity contribution in [2.45, 2.75) is 83.7 Å². The molecule has 1 aromatic rings. The van der Waals surface area contributed by atoms with Crippen LogP contribution >= 0.6 is 0 Å². The van der Waals surface area contributed by atoms with Crippen LogP contribution in [-0.2, 0) is 16.0 Å². The molecule has 1 aliphatic rings. The molecule has 1 atom stereocenters. The van der Waals surface area contributed by atoms with E-state index in [0.717, 1.165) is 43.2 Å². The van der Waals surface area contributed by atoms with Gasteiger partial charge in [-0.1, -0.05) is 51.2 Å². The van der Waals surface area contributed by atoms with Crippen LogP contribution in [0, 0.1) is 6.92 Å². The molecule has 0 aromatic heterocycles. The summed E-state index contributed by atoms with van der Waals surface area (Å²) in [5.41, 5.74) is 2.44. The normalized spacial score (nSPS) is 16.9. The Labute approximate surface area is 156 Å². The second kappa shape index (κ2) is 10.2. The fraction of sp³-hybridized carbons (Fsp3) is 0.591. The van der Waals surface area contributed by atoms with Crippen LogP contribution in [-0.4, -0.2) is 22.3 Å². The van der Waals surface area contributed by atoms with Gasteiger partial charge in [0.25, 0.3) is 0 Å². The maximum Gasteiger partial charge on any atom is 0.333 e. The van der Waals surface area contributed by atoms with E-state index in [9.17, 15) is 15.0 Å². The number of benzene rings is 1. The minimum absolute atomic E-state index is 0.0170. The standard InChI is InChI=1S/C22H32O4/c1-16-13-18(21(24)20(23)14-16)11-9-7-5-3-4-6-8-10-12-19-15-17(2)22(25)26-19/h13-14,19,23-24H,2-12,15H2,1H3. The lowest BCUT2D eigenvalue weighted by Crippen LogP contribution is -2.06. The molecule has 4 nitrogen and oxygen atoms in total. The highest BCUT2D eigenvalue weighted by Gasteiger charge is 2.26. The summed E-state index contributed by atoms with van der Waals surface area (Å²) in [6, 6.07) is 3.54. The van der Waals surface area contributed by atoms with Gasteiger partial charge in [0, 0.05) is 12.0 Å². The fourth-order valence-corrected chi connectivity index (χ4v) is 3.57. The van der Waals surface area contributed by atoms with Crippen LogP contribution in [0.15, 0.2) is 24.3 Å². The van der Waals surface area contributed by atoms with E-state index in [1.54, 1.807) is 6.07 Å². The van der Waals surface area contributed by atoms with Crippen LogP contribution in [0.4, 0.5) is 0 Å². The van der Waals surface area contributed by atoms with Crippen molar-refractivity contribution in [2.75, 3.05) is 0 Å². The number of esters is 1. The summed E-state index contributed by atoms with van der Waals surface area (Å²) in [4.78, 5) is 11.2. The summed E-state index contributed by atoms with van der Waals surface area (Å²) in [6.07, 6.45) is 11.9. The van der Waals surface area contributed by atoms with Gasteiger partial charge in [0.2, 0.25) is 0 Å². The van der Waals surface area contributed by atoms with Gasteiger partial charge >= 0.3 is 5.97 Å². The van der Waals surface area contributed by atoms with Crippen molar-refractivity contribution in [3.8, 4) is 11.5 Å². The van der Waals surface area contributed by atoms with Crippen LogP contribution in [0.2, 0.25) is 0 Å². The van der Waals surface area contributed by atoms with Crippen LogP contribution in [0.3, 0.4) is 0 Å². The number of aryl methyl sites for hydroxylation is 2. The number of unbranched alkanes of at least 4 members (excludes halogenated alkanes) is 7. The molecule has 1 unspecified atom stereocenters. The van der Waals surface area contributed by atoms with Crippen molar-refractivity contribution in [2.24, 2.45) is 0 Å². The predicted molar refractivity (Wildman–Crippen MR) is 103 cm³/mol. The van der Waals surface area contributed by atoms with Gasteiger partial charge in [0.15, 0.2) is 11.5 Å². The molecule has 1 saturated heterocycles. The Bertz CT molecular complexity index is 605. The average Bonchev–Trinajstić information content (AvgIpc) is 2.91. The first kappa shape index (κ1) is 20.3. The summed E-state index contributed by atoms with van der Waals surface area (Å²) in [5.74, 6) is -0.201. The molecule has 1 fully saturated rings. The Morgan fingerprint density at radius 3 is 2.27 bits per heavy atom. The summed E-state index contributed by atoms with van der Waals surface area (Å²) < 4.78 is 5.23. The molecule has 0 amide bonds. The molecule has 4 heteroatoms. The minimum atomic E-state index is -0.218. The van der Waals surface area contributed by atoms with Gasteiger partial charge in [-0.3, -0.25) is 0 Å². The highest BCUT2D eigenvalue weighted by atomic mass is 16.5. The minimum Gasteiger partial charge on any atom is -0.504 e. The first-order chi connectivity index (χ1) is 12.5. The lowest BCUT2D eigenvalue weighted by molar-refractivity contribution is -0.139. The Hall–Kier alpha value is -1.97. The topological polar surface area (TPSA) is 66.8 Å². The molecule has 0 spiro atoms. The van der Waals surface area contributed by atoms with Gasteiger partial charge in [0.05, 0.1) is 0 Å². The monoisotopic (exact) mass is 360 g/mol. The Balaban J connectivity index is 1.45. The van der Waals surface area contributed by atoms with E-state index in [2.05, 4.69) is 6.58 Å². The summed E-state index contributed by atoms with van der Waals surface area (Å²) >= 11 is 0. The van der Waals surface area contributed by atoms with E-state index < -0.39 is 0 Å². The molecular formula is C22H32O4. The Kier molecular flexibility index (Phi) is 8.02. The second-order valence-corrected chi connectivity index (χ2v) is 7.49. The van der Waals surface area contributed by atoms with Crippen LogP contribution in [0.1, 0.15) is 75.3 Å². The number of carbonyl (C=O) groups is 1. The third-order valence-corrected chi connectivity index (χ3v) is 5.07. The van der Waals surface area contributed by atoms with Crippen molar-refractivity contribution < 1.29 is 19.7 Å². The van der Waals surface area contributed by atoms with Crippen molar-refractivity contribution in [3.63, 3.8) is 0 Å². The number of phenols is 2. The highest BCUT2D eigenvalue weighted by molar-refractivity contribution is 5.89. The van der Waals surface area contributed by atoms with E-state index in [4.69, 9.17) is 4.74 Å². The van der Waals surface area contributed by atoms with E-state index in [1.807, 2.05) is 13.0 Å². The summed E-state index contributed by atoms with van der Waals surface area (Å²) in [7, 11) is 0. The van der Waals surface area contributed by atoms with Gasteiger partial charge in [-0.2, -0.15) is 0 Å². The lowest BCUT2D eigenvalue weighted by atomic mass is 10.0. The van der Waals surface area contributed by atoms with E-state index in [-0.39, 0.29) is 23.6 Å². The van der Waals surface area contributed by atoms with Crippen LogP contribution in [0.5, 0.6) is 11.5 Å². The number of carbonyl (C=O) groups excluding carboxylic acids is 1. The highest BCUT2D eigenvalue weighted by Crippen LogP contribution is 2.31. The Morgan fingerprint density at radius 2 is 1.65 bits per heavy atom. The number of hydrogen-bond donors (Lipinski definition) is 2. The molecule has 1 heterocycles. The van der Waals surface area contributed by atoms with E-state index in [1.165, 1.54) is 32.1 Å². The maximum atomic E-state index is 11.2. The zero-order valence-electron chi connectivity index (χ0n) is 15.9. The molecule has 26 heavy (non-hydrogen) atoms. The van der Waals surface area contributed by atoms with Crippen molar-refractivity contribution >= 4 is 5.97 Å². The smallest absolute Gasteiger partial charge is 0.333 e. The number of rotatable bonds is 11. The molecule has 0 radical (unpaired) electrons. The number of ether oxygens (including phenoxy) is 1. The zero-order chi connectivity index (χ0) is 18.9. The second-order valence-electron chi connectivity index (χ2n) is 7.49. The van der Waals surface area contributed by atoms with Crippen molar-refractivity contribution in [1.29, 1.82) is 0 Å². The van der Waals surface area contributed by atoms with Gasteiger partial charge in [-0.25, -0.2) is 4.79 Å². The molecule has 0 saturated carbocycles. The number of phenolic OH excluding ortho intramolecular Hbond substituents is 2. The molecule has 2 rings (SSSR count). The van der Waals surface area contributed by atoms with Gasteiger partial charge in [0.1, 0.15) is 6.10 Å². The predicted octanol–water partition coefficient (Wildman–Crippen LogP) is 5.33. The zero-order valence-corrected chi connectivity index (χ0v) is 15.9. The molecule has 0 bridgehead atoms. The molecular weight excluding hydrogens is 328 g/mol. The van der Waals surface area contributed by atoms with Crippen LogP contribution < -0.4 is 0 Å². The summed E-state index contributed by atoms with van der Waals surface area (Å²) in [5, 5.41) is 19.5. The number of aromatic hydroxyl groups is 2. The first-order valence-corrected chi connectivity index (χ1v) is 9.87. The number of cyclic esters (lactones) is 1. The van der Waals surface area contributed by atoms with Crippen molar-refractivity contribution in [3.05, 3.63) is 35.4 Å². The van der Waals surface area contributed by atoms with E-state index >= 15 is 0 Å². The quantitative estimate of drug-likeness (QED) is 0.242. The SMILES string of the molecule is C=C1CC(CCCCCCCCCCc2cc(C)cc(O)c2O)OC1=O. The van der Waals surface area contributed by atoms with Gasteiger partial charge in [-0.15, -0.1) is 0 Å². The molecule has 2 N–H and O–H groups in total. The molecule has 1 aliphatic heterocycles. The van der Waals surface area contributed by atoms with Gasteiger partial charge < -0.3 is 14.9 Å². The molecule has 144 valence electrons. The Morgan fingerprint density at radius 1 is 1.04 bits per heavy atom. The largest absolute Gasteiger partial charge is 0.504 e. The fourth-order valence-electron chi connectivity index (χ4n) is 3.57. The van der Waals surface area contributed by atoms with Crippen LogP contribution in [0.25, 0.3) is 0 Å². The molecule has 0 aliphatic carbocycles.